The van der Waals surface area contributed by atoms with Gasteiger partial charge in [0.1, 0.15) is 6.04 Å². The van der Waals surface area contributed by atoms with E-state index < -0.39 is 12.0 Å². The van der Waals surface area contributed by atoms with Gasteiger partial charge in [0.15, 0.2) is 5.69 Å². The van der Waals surface area contributed by atoms with Crippen molar-refractivity contribution in [2.24, 2.45) is 0 Å². The van der Waals surface area contributed by atoms with Crippen LogP contribution in [0.25, 0.3) is 5.69 Å². The lowest BCUT2D eigenvalue weighted by Crippen LogP contribution is -2.40. The monoisotopic (exact) mass is 333 g/mol. The minimum Gasteiger partial charge on any atom is -0.480 e. The minimum absolute atomic E-state index is 0.262. The molecule has 1 aliphatic rings. The number of hydrogen-bond acceptors (Lipinski definition) is 3. The van der Waals surface area contributed by atoms with Crippen LogP contribution in [0.1, 0.15) is 28.9 Å². The van der Waals surface area contributed by atoms with Crippen LogP contribution in [0.15, 0.2) is 30.5 Å². The molecule has 1 aromatic carbocycles. The Bertz CT molecular complexity index is 772. The maximum atomic E-state index is 12.7. The first-order valence-corrected chi connectivity index (χ1v) is 7.72. The van der Waals surface area contributed by atoms with Crippen LogP contribution in [-0.2, 0) is 4.79 Å². The summed E-state index contributed by atoms with van der Waals surface area (Å²) in [6.45, 7) is 2.22. The number of carboxylic acid groups (broad SMARTS) is 1. The van der Waals surface area contributed by atoms with Crippen LogP contribution in [-0.4, -0.2) is 44.3 Å². The van der Waals surface area contributed by atoms with Gasteiger partial charge in [-0.15, -0.1) is 0 Å². The number of amides is 1. The van der Waals surface area contributed by atoms with Crippen LogP contribution < -0.4 is 0 Å². The second-order valence-electron chi connectivity index (χ2n) is 5.55. The fraction of sp³-hybridized carbons (Fsp3) is 0.312. The van der Waals surface area contributed by atoms with Gasteiger partial charge in [-0.05, 0) is 31.9 Å². The zero-order valence-corrected chi connectivity index (χ0v) is 13.3. The van der Waals surface area contributed by atoms with Crippen molar-refractivity contribution in [3.63, 3.8) is 0 Å². The summed E-state index contributed by atoms with van der Waals surface area (Å²) in [6.07, 6.45) is 2.89. The Kier molecular flexibility index (Phi) is 4.09. The van der Waals surface area contributed by atoms with Crippen molar-refractivity contribution in [2.75, 3.05) is 6.54 Å². The van der Waals surface area contributed by atoms with Crippen molar-refractivity contribution >= 4 is 23.5 Å². The molecule has 1 aromatic heterocycles. The van der Waals surface area contributed by atoms with Crippen molar-refractivity contribution < 1.29 is 14.7 Å². The molecular formula is C16H16ClN3O3. The molecule has 0 saturated carbocycles. The molecule has 7 heteroatoms. The normalized spacial score (nSPS) is 17.5. The number of carbonyl (C=O) groups excluding carboxylic acids is 1. The summed E-state index contributed by atoms with van der Waals surface area (Å²) in [6, 6.07) is 6.43. The lowest BCUT2D eigenvalue weighted by molar-refractivity contribution is -0.141. The highest BCUT2D eigenvalue weighted by Crippen LogP contribution is 2.24. The van der Waals surface area contributed by atoms with Gasteiger partial charge in [0.2, 0.25) is 0 Å². The summed E-state index contributed by atoms with van der Waals surface area (Å²) < 4.78 is 1.55. The Morgan fingerprint density at radius 1 is 1.35 bits per heavy atom. The smallest absolute Gasteiger partial charge is 0.326 e. The number of nitrogens with zero attached hydrogens (tertiary/aromatic N) is 3. The highest BCUT2D eigenvalue weighted by molar-refractivity contribution is 6.32. The summed E-state index contributed by atoms with van der Waals surface area (Å²) in [7, 11) is 0. The average molecular weight is 334 g/mol. The van der Waals surface area contributed by atoms with E-state index in [1.54, 1.807) is 29.9 Å². The fourth-order valence-corrected chi connectivity index (χ4v) is 3.06. The third-order valence-electron chi connectivity index (χ3n) is 4.00. The van der Waals surface area contributed by atoms with E-state index in [4.69, 9.17) is 11.6 Å². The molecule has 1 saturated heterocycles. The highest BCUT2D eigenvalue weighted by atomic mass is 35.5. The lowest BCUT2D eigenvalue weighted by atomic mass is 10.2. The van der Waals surface area contributed by atoms with Gasteiger partial charge in [-0.1, -0.05) is 23.7 Å². The Labute approximate surface area is 138 Å². The Hall–Kier alpha value is -2.34. The van der Waals surface area contributed by atoms with E-state index in [1.165, 1.54) is 4.90 Å². The van der Waals surface area contributed by atoms with Gasteiger partial charge in [0.05, 0.1) is 10.7 Å². The van der Waals surface area contributed by atoms with E-state index in [1.807, 2.05) is 12.1 Å². The zero-order valence-electron chi connectivity index (χ0n) is 12.6. The number of hydrogen-bond donors (Lipinski definition) is 1. The number of carbonyl (C=O) groups is 2. The molecule has 1 N–H and O–H groups in total. The molecule has 23 heavy (non-hydrogen) atoms. The molecule has 0 bridgehead atoms. The number of benzene rings is 1. The number of rotatable bonds is 3. The van der Waals surface area contributed by atoms with Gasteiger partial charge in [0, 0.05) is 18.3 Å². The molecule has 0 radical (unpaired) electrons. The van der Waals surface area contributed by atoms with E-state index in [-0.39, 0.29) is 11.6 Å². The van der Waals surface area contributed by atoms with E-state index in [0.717, 1.165) is 0 Å². The minimum atomic E-state index is -0.973. The number of halogens is 1. The van der Waals surface area contributed by atoms with E-state index in [2.05, 4.69) is 5.10 Å². The fourth-order valence-electron chi connectivity index (χ4n) is 2.83. The van der Waals surface area contributed by atoms with Crippen molar-refractivity contribution in [1.82, 2.24) is 14.7 Å². The average Bonchev–Trinajstić information content (AvgIpc) is 3.14. The first kappa shape index (κ1) is 15.6. The number of carboxylic acids is 1. The number of aryl methyl sites for hydroxylation is 1. The third kappa shape index (κ3) is 2.82. The van der Waals surface area contributed by atoms with Crippen LogP contribution in [0.4, 0.5) is 0 Å². The molecule has 0 aliphatic carbocycles. The molecule has 1 aliphatic heterocycles. The van der Waals surface area contributed by atoms with E-state index in [9.17, 15) is 14.7 Å². The Morgan fingerprint density at radius 2 is 2.09 bits per heavy atom. The number of aliphatic carboxylic acids is 1. The quantitative estimate of drug-likeness (QED) is 0.936. The molecule has 3 rings (SSSR count). The topological polar surface area (TPSA) is 75.4 Å². The summed E-state index contributed by atoms with van der Waals surface area (Å²) in [5, 5.41) is 14.1. The van der Waals surface area contributed by atoms with Crippen molar-refractivity contribution in [3.8, 4) is 5.69 Å². The first-order chi connectivity index (χ1) is 11.0. The van der Waals surface area contributed by atoms with Gasteiger partial charge in [-0.3, -0.25) is 4.79 Å². The SMILES string of the molecule is Cc1cn(-c2ccccc2Cl)nc1C(=O)N1CCC[C@@H]1C(=O)O. The molecule has 0 unspecified atom stereocenters. The molecule has 1 amide bonds. The Balaban J connectivity index is 1.94. The lowest BCUT2D eigenvalue weighted by Gasteiger charge is -2.20. The molecule has 6 nitrogen and oxygen atoms in total. The maximum absolute atomic E-state index is 12.7. The molecular weight excluding hydrogens is 318 g/mol. The molecule has 2 aromatic rings. The van der Waals surface area contributed by atoms with Gasteiger partial charge < -0.3 is 10.0 Å². The maximum Gasteiger partial charge on any atom is 0.326 e. The molecule has 1 atom stereocenters. The van der Waals surface area contributed by atoms with E-state index >= 15 is 0 Å². The van der Waals surface area contributed by atoms with Gasteiger partial charge in [0.25, 0.3) is 5.91 Å². The third-order valence-corrected chi connectivity index (χ3v) is 4.32. The Morgan fingerprint density at radius 3 is 2.78 bits per heavy atom. The predicted molar refractivity (Wildman–Crippen MR) is 85.0 cm³/mol. The summed E-state index contributed by atoms with van der Waals surface area (Å²) in [4.78, 5) is 25.3. The number of aromatic nitrogens is 2. The standard InChI is InChI=1S/C16H16ClN3O3/c1-10-9-20(12-6-3-2-5-11(12)17)18-14(10)15(21)19-8-4-7-13(19)16(22)23/h2-3,5-6,9,13H,4,7-8H2,1H3,(H,22,23)/t13-/m1/s1. The summed E-state index contributed by atoms with van der Waals surface area (Å²) >= 11 is 6.16. The zero-order chi connectivity index (χ0) is 16.6. The van der Waals surface area contributed by atoms with Crippen molar-refractivity contribution in [1.29, 1.82) is 0 Å². The number of likely N-dealkylation sites (tertiary alicyclic amines) is 1. The van der Waals surface area contributed by atoms with Gasteiger partial charge >= 0.3 is 5.97 Å². The van der Waals surface area contributed by atoms with Crippen LogP contribution in [0.3, 0.4) is 0 Å². The molecule has 2 heterocycles. The largest absolute Gasteiger partial charge is 0.480 e. The molecule has 120 valence electrons. The predicted octanol–water partition coefficient (Wildman–Crippen LogP) is 2.52. The second-order valence-corrected chi connectivity index (χ2v) is 5.96. The number of para-hydroxylation sites is 1. The van der Waals surface area contributed by atoms with Crippen molar-refractivity contribution in [3.05, 3.63) is 46.7 Å². The van der Waals surface area contributed by atoms with Crippen LogP contribution in [0.5, 0.6) is 0 Å². The first-order valence-electron chi connectivity index (χ1n) is 7.34. The highest BCUT2D eigenvalue weighted by Gasteiger charge is 2.36. The molecule has 0 spiro atoms. The van der Waals surface area contributed by atoms with Gasteiger partial charge in [-0.25, -0.2) is 9.48 Å². The summed E-state index contributed by atoms with van der Waals surface area (Å²) in [5.41, 5.74) is 1.62. The van der Waals surface area contributed by atoms with Gasteiger partial charge in [-0.2, -0.15) is 5.10 Å². The van der Waals surface area contributed by atoms with E-state index in [0.29, 0.717) is 35.7 Å². The van der Waals surface area contributed by atoms with Crippen LogP contribution >= 0.6 is 11.6 Å². The summed E-state index contributed by atoms with van der Waals surface area (Å²) in [5.74, 6) is -1.32. The second kappa shape index (κ2) is 6.04. The molecule has 1 fully saturated rings. The van der Waals surface area contributed by atoms with Crippen LogP contribution in [0.2, 0.25) is 5.02 Å². The van der Waals surface area contributed by atoms with Crippen molar-refractivity contribution in [2.45, 2.75) is 25.8 Å². The van der Waals surface area contributed by atoms with Crippen LogP contribution in [0, 0.1) is 6.92 Å².